The fourth-order valence-electron chi connectivity index (χ4n) is 5.05. The van der Waals surface area contributed by atoms with Gasteiger partial charge in [0.2, 0.25) is 0 Å². The summed E-state index contributed by atoms with van der Waals surface area (Å²) in [5, 5.41) is 7.43. The van der Waals surface area contributed by atoms with Gasteiger partial charge < -0.3 is 15.5 Å². The van der Waals surface area contributed by atoms with Gasteiger partial charge in [-0.05, 0) is 90.5 Å². The third-order valence-corrected chi connectivity index (χ3v) is 7.11. The molecule has 2 N–H and O–H groups in total. The molecule has 3 fully saturated rings. The number of hydrogen-bond acceptors (Lipinski definition) is 3. The normalized spacial score (nSPS) is 31.6. The smallest absolute Gasteiger partial charge is 0.191 e. The van der Waals surface area contributed by atoms with E-state index < -0.39 is 0 Å². The molecule has 5 nitrogen and oxygen atoms in total. The monoisotopic (exact) mass is 363 g/mol. The van der Waals surface area contributed by atoms with Crippen molar-refractivity contribution >= 4 is 5.96 Å². The SMILES string of the molecule is CN=C(NCC1(N2CCCCC2)CCN(C)CC1)NC1CCC(C)CC1. The summed E-state index contributed by atoms with van der Waals surface area (Å²) in [6.07, 6.45) is 11.9. The maximum absolute atomic E-state index is 4.54. The number of hydrogen-bond donors (Lipinski definition) is 2. The summed E-state index contributed by atoms with van der Waals surface area (Å²) < 4.78 is 0. The number of nitrogens with one attached hydrogen (secondary N) is 2. The molecule has 2 aliphatic heterocycles. The molecule has 3 rings (SSSR count). The van der Waals surface area contributed by atoms with E-state index in [0.717, 1.165) is 18.4 Å². The fourth-order valence-corrected chi connectivity index (χ4v) is 5.05. The summed E-state index contributed by atoms with van der Waals surface area (Å²) in [6.45, 7) is 8.39. The lowest BCUT2D eigenvalue weighted by molar-refractivity contribution is 0.0172. The average molecular weight is 364 g/mol. The topological polar surface area (TPSA) is 42.9 Å². The van der Waals surface area contributed by atoms with Gasteiger partial charge in [-0.1, -0.05) is 13.3 Å². The first-order chi connectivity index (χ1) is 12.6. The molecule has 26 heavy (non-hydrogen) atoms. The highest BCUT2D eigenvalue weighted by atomic mass is 15.3. The Morgan fingerprint density at radius 1 is 1.00 bits per heavy atom. The van der Waals surface area contributed by atoms with Gasteiger partial charge in [0.1, 0.15) is 0 Å². The van der Waals surface area contributed by atoms with E-state index in [1.165, 1.54) is 84.0 Å². The maximum atomic E-state index is 4.54. The Bertz CT molecular complexity index is 441. The van der Waals surface area contributed by atoms with E-state index >= 15 is 0 Å². The number of likely N-dealkylation sites (tertiary alicyclic amines) is 2. The van der Waals surface area contributed by atoms with Crippen LogP contribution in [0, 0.1) is 5.92 Å². The van der Waals surface area contributed by atoms with Crippen molar-refractivity contribution in [1.82, 2.24) is 20.4 Å². The van der Waals surface area contributed by atoms with Crippen LogP contribution in [-0.4, -0.2) is 74.2 Å². The molecule has 0 spiro atoms. The second kappa shape index (κ2) is 9.41. The van der Waals surface area contributed by atoms with Crippen molar-refractivity contribution in [3.05, 3.63) is 0 Å². The van der Waals surface area contributed by atoms with Gasteiger partial charge in [0, 0.05) is 25.2 Å². The van der Waals surface area contributed by atoms with Gasteiger partial charge in [-0.3, -0.25) is 9.89 Å². The van der Waals surface area contributed by atoms with Gasteiger partial charge in [-0.25, -0.2) is 0 Å². The minimum Gasteiger partial charge on any atom is -0.355 e. The molecule has 0 radical (unpaired) electrons. The molecule has 0 atom stereocenters. The second-order valence-corrected chi connectivity index (χ2v) is 9.10. The van der Waals surface area contributed by atoms with Crippen LogP contribution in [0.5, 0.6) is 0 Å². The van der Waals surface area contributed by atoms with Crippen LogP contribution in [-0.2, 0) is 0 Å². The van der Waals surface area contributed by atoms with Crippen LogP contribution in [0.15, 0.2) is 4.99 Å². The summed E-state index contributed by atoms with van der Waals surface area (Å²) in [5.74, 6) is 1.91. The van der Waals surface area contributed by atoms with Crippen molar-refractivity contribution in [2.24, 2.45) is 10.9 Å². The first-order valence-electron chi connectivity index (χ1n) is 11.0. The Morgan fingerprint density at radius 3 is 2.27 bits per heavy atom. The van der Waals surface area contributed by atoms with Crippen molar-refractivity contribution in [2.45, 2.75) is 76.3 Å². The zero-order valence-corrected chi connectivity index (χ0v) is 17.4. The van der Waals surface area contributed by atoms with Crippen LogP contribution in [0.4, 0.5) is 0 Å². The third-order valence-electron chi connectivity index (χ3n) is 7.11. The lowest BCUT2D eigenvalue weighted by Gasteiger charge is -2.50. The van der Waals surface area contributed by atoms with Gasteiger partial charge in [0.25, 0.3) is 0 Å². The molecular formula is C21H41N5. The minimum absolute atomic E-state index is 0.311. The molecule has 1 aliphatic carbocycles. The van der Waals surface area contributed by atoms with Crippen LogP contribution in [0.3, 0.4) is 0 Å². The summed E-state index contributed by atoms with van der Waals surface area (Å²) in [7, 11) is 4.18. The second-order valence-electron chi connectivity index (χ2n) is 9.10. The zero-order valence-electron chi connectivity index (χ0n) is 17.4. The van der Waals surface area contributed by atoms with Crippen molar-refractivity contribution < 1.29 is 0 Å². The van der Waals surface area contributed by atoms with E-state index in [4.69, 9.17) is 0 Å². The van der Waals surface area contributed by atoms with E-state index in [9.17, 15) is 0 Å². The number of rotatable bonds is 4. The van der Waals surface area contributed by atoms with Gasteiger partial charge >= 0.3 is 0 Å². The lowest BCUT2D eigenvalue weighted by Crippen LogP contribution is -2.62. The Balaban J connectivity index is 1.57. The molecule has 5 heteroatoms. The van der Waals surface area contributed by atoms with Gasteiger partial charge in [0.15, 0.2) is 5.96 Å². The highest BCUT2D eigenvalue weighted by molar-refractivity contribution is 5.80. The highest BCUT2D eigenvalue weighted by Crippen LogP contribution is 2.31. The fraction of sp³-hybridized carbons (Fsp3) is 0.952. The summed E-state index contributed by atoms with van der Waals surface area (Å²) in [5.41, 5.74) is 0.311. The predicted molar refractivity (Wildman–Crippen MR) is 111 cm³/mol. The molecule has 3 aliphatic rings. The molecule has 0 bridgehead atoms. The molecule has 0 aromatic heterocycles. The van der Waals surface area contributed by atoms with Crippen LogP contribution >= 0.6 is 0 Å². The highest BCUT2D eigenvalue weighted by Gasteiger charge is 2.39. The van der Waals surface area contributed by atoms with Gasteiger partial charge in [0.05, 0.1) is 0 Å². The van der Waals surface area contributed by atoms with Crippen LogP contribution < -0.4 is 10.6 Å². The van der Waals surface area contributed by atoms with Gasteiger partial charge in [-0.15, -0.1) is 0 Å². The van der Waals surface area contributed by atoms with Crippen LogP contribution in [0.2, 0.25) is 0 Å². The Hall–Kier alpha value is -0.810. The number of piperidine rings is 2. The molecular weight excluding hydrogens is 322 g/mol. The lowest BCUT2D eigenvalue weighted by atomic mass is 9.84. The molecule has 0 unspecified atom stereocenters. The van der Waals surface area contributed by atoms with Crippen molar-refractivity contribution in [3.63, 3.8) is 0 Å². The summed E-state index contributed by atoms with van der Waals surface area (Å²) in [6, 6.07) is 0.598. The number of aliphatic imine (C=N–C) groups is 1. The summed E-state index contributed by atoms with van der Waals surface area (Å²) in [4.78, 5) is 9.82. The molecule has 150 valence electrons. The molecule has 1 saturated carbocycles. The largest absolute Gasteiger partial charge is 0.355 e. The van der Waals surface area contributed by atoms with E-state index in [-0.39, 0.29) is 0 Å². The molecule has 2 heterocycles. The average Bonchev–Trinajstić information content (AvgIpc) is 2.69. The maximum Gasteiger partial charge on any atom is 0.191 e. The van der Waals surface area contributed by atoms with Crippen molar-refractivity contribution in [1.29, 1.82) is 0 Å². The molecule has 0 amide bonds. The van der Waals surface area contributed by atoms with Crippen molar-refractivity contribution in [2.75, 3.05) is 46.8 Å². The standard InChI is InChI=1S/C21H41N5/c1-18-7-9-19(10-8-18)24-20(22-2)23-17-21(11-15-25(3)16-12-21)26-13-5-4-6-14-26/h18-19H,4-17H2,1-3H3,(H2,22,23,24). The Kier molecular flexibility index (Phi) is 7.21. The van der Waals surface area contributed by atoms with Crippen molar-refractivity contribution in [3.8, 4) is 0 Å². The quantitative estimate of drug-likeness (QED) is 0.595. The third kappa shape index (κ3) is 5.13. The zero-order chi connectivity index (χ0) is 18.4. The van der Waals surface area contributed by atoms with E-state index in [2.05, 4.69) is 39.4 Å². The Morgan fingerprint density at radius 2 is 1.65 bits per heavy atom. The first-order valence-corrected chi connectivity index (χ1v) is 11.0. The summed E-state index contributed by atoms with van der Waals surface area (Å²) >= 11 is 0. The number of nitrogens with zero attached hydrogens (tertiary/aromatic N) is 3. The molecule has 2 saturated heterocycles. The van der Waals surface area contributed by atoms with Gasteiger partial charge in [-0.2, -0.15) is 0 Å². The number of guanidine groups is 1. The molecule has 0 aromatic carbocycles. The minimum atomic E-state index is 0.311. The Labute approximate surface area is 161 Å². The predicted octanol–water partition coefficient (Wildman–Crippen LogP) is 2.68. The van der Waals surface area contributed by atoms with Crippen LogP contribution in [0.25, 0.3) is 0 Å². The van der Waals surface area contributed by atoms with Crippen LogP contribution in [0.1, 0.15) is 64.7 Å². The van der Waals surface area contributed by atoms with E-state index in [1.54, 1.807) is 0 Å². The first kappa shape index (κ1) is 19.9. The van der Waals surface area contributed by atoms with E-state index in [0.29, 0.717) is 11.6 Å². The van der Waals surface area contributed by atoms with E-state index in [1.807, 2.05) is 7.05 Å². The molecule has 0 aromatic rings.